The molecule has 0 bridgehead atoms. The highest BCUT2D eigenvalue weighted by molar-refractivity contribution is 6.28. The number of hydrogen-bond donors (Lipinski definition) is 0. The summed E-state index contributed by atoms with van der Waals surface area (Å²) in [5.41, 5.74) is 2.21. The second-order valence-electron chi connectivity index (χ2n) is 3.80. The topological polar surface area (TPSA) is 41.9 Å². The largest absolute Gasteiger partial charge is 0.313 e. The summed E-state index contributed by atoms with van der Waals surface area (Å²) in [5, 5.41) is 0.216. The highest BCUT2D eigenvalue weighted by Crippen LogP contribution is 2.24. The van der Waals surface area contributed by atoms with Crippen LogP contribution in [-0.2, 0) is 0 Å². The number of aryl methyl sites for hydroxylation is 2. The van der Waals surface area contributed by atoms with Crippen LogP contribution in [0.3, 0.4) is 0 Å². The Morgan fingerprint density at radius 2 is 1.76 bits per heavy atom. The highest BCUT2D eigenvalue weighted by atomic mass is 35.5. The lowest BCUT2D eigenvalue weighted by atomic mass is 10.2. The van der Waals surface area contributed by atoms with E-state index >= 15 is 0 Å². The molecule has 0 saturated carbocycles. The minimum absolute atomic E-state index is 0.216. The second-order valence-corrected chi connectivity index (χ2v) is 4.14. The zero-order valence-corrected chi connectivity index (χ0v) is 10.7. The minimum Gasteiger partial charge on any atom is -0.313 e. The van der Waals surface area contributed by atoms with E-state index in [1.165, 1.54) is 0 Å². The quantitative estimate of drug-likeness (QED) is 0.820. The summed E-state index contributed by atoms with van der Waals surface area (Å²) in [4.78, 5) is 14.2. The van der Waals surface area contributed by atoms with Gasteiger partial charge in [0.05, 0.1) is 0 Å². The van der Waals surface area contributed by atoms with E-state index < -0.39 is 0 Å². The number of rotatable bonds is 2. The summed E-state index contributed by atoms with van der Waals surface area (Å²) >= 11 is 5.83. The monoisotopic (exact) mass is 248 g/mol. The first kappa shape index (κ1) is 11.8. The summed E-state index contributed by atoms with van der Waals surface area (Å²) in [6.07, 6.45) is 0. The van der Waals surface area contributed by atoms with Crippen LogP contribution in [-0.4, -0.2) is 22.0 Å². The van der Waals surface area contributed by atoms with Gasteiger partial charge in [0.1, 0.15) is 5.82 Å². The normalized spacial score (nSPS) is 10.4. The Labute approximate surface area is 105 Å². The van der Waals surface area contributed by atoms with Crippen LogP contribution in [0, 0.1) is 13.8 Å². The van der Waals surface area contributed by atoms with E-state index in [2.05, 4.69) is 15.0 Å². The molecule has 0 aliphatic carbocycles. The second kappa shape index (κ2) is 4.67. The summed E-state index contributed by atoms with van der Waals surface area (Å²) in [7, 11) is 1.91. The lowest BCUT2D eigenvalue weighted by molar-refractivity contribution is 0.935. The molecular weight excluding hydrogens is 236 g/mol. The van der Waals surface area contributed by atoms with Gasteiger partial charge in [-0.25, -0.2) is 4.98 Å². The molecule has 0 fully saturated rings. The lowest BCUT2D eigenvalue weighted by Gasteiger charge is -2.19. The third-order valence-corrected chi connectivity index (χ3v) is 2.65. The fourth-order valence-corrected chi connectivity index (χ4v) is 1.83. The average molecular weight is 249 g/mol. The predicted molar refractivity (Wildman–Crippen MR) is 68.8 cm³/mol. The van der Waals surface area contributed by atoms with E-state index in [0.29, 0.717) is 11.8 Å². The molecule has 17 heavy (non-hydrogen) atoms. The van der Waals surface area contributed by atoms with Crippen LogP contribution < -0.4 is 4.90 Å². The van der Waals surface area contributed by atoms with Crippen LogP contribution >= 0.6 is 11.6 Å². The van der Waals surface area contributed by atoms with E-state index in [1.54, 1.807) is 6.92 Å². The molecule has 0 atom stereocenters. The van der Waals surface area contributed by atoms with Gasteiger partial charge in [0, 0.05) is 12.7 Å². The van der Waals surface area contributed by atoms with Crippen molar-refractivity contribution in [1.82, 2.24) is 15.0 Å². The fourth-order valence-electron chi connectivity index (χ4n) is 1.63. The molecule has 1 aromatic carbocycles. The van der Waals surface area contributed by atoms with Gasteiger partial charge in [-0.1, -0.05) is 18.2 Å². The van der Waals surface area contributed by atoms with Gasteiger partial charge in [0.2, 0.25) is 11.2 Å². The number of aromatic nitrogens is 3. The fraction of sp³-hybridized carbons (Fsp3) is 0.250. The molecule has 1 aromatic heterocycles. The number of nitrogens with zero attached hydrogens (tertiary/aromatic N) is 4. The molecule has 5 heteroatoms. The Kier molecular flexibility index (Phi) is 3.24. The average Bonchev–Trinajstić information content (AvgIpc) is 2.27. The Balaban J connectivity index is 2.43. The molecule has 0 amide bonds. The van der Waals surface area contributed by atoms with Crippen molar-refractivity contribution >= 4 is 23.2 Å². The summed E-state index contributed by atoms with van der Waals surface area (Å²) in [6.45, 7) is 3.84. The van der Waals surface area contributed by atoms with Crippen LogP contribution in [0.5, 0.6) is 0 Å². The molecule has 0 radical (unpaired) electrons. The van der Waals surface area contributed by atoms with E-state index in [9.17, 15) is 0 Å². The van der Waals surface area contributed by atoms with Gasteiger partial charge in [0.25, 0.3) is 0 Å². The van der Waals surface area contributed by atoms with E-state index in [1.807, 2.05) is 43.1 Å². The Hall–Kier alpha value is -1.68. The minimum atomic E-state index is 0.216. The highest BCUT2D eigenvalue weighted by Gasteiger charge is 2.10. The molecule has 0 unspecified atom stereocenters. The number of halogens is 1. The van der Waals surface area contributed by atoms with Gasteiger partial charge in [-0.2, -0.15) is 9.97 Å². The van der Waals surface area contributed by atoms with E-state index in [0.717, 1.165) is 11.3 Å². The van der Waals surface area contributed by atoms with Crippen molar-refractivity contribution < 1.29 is 0 Å². The molecule has 2 rings (SSSR count). The van der Waals surface area contributed by atoms with E-state index in [-0.39, 0.29) is 5.28 Å². The standard InChI is InChI=1S/C12H13ClN4/c1-8-6-4-5-7-10(8)17(3)12-15-9(2)14-11(13)16-12/h4-7H,1-3H3. The lowest BCUT2D eigenvalue weighted by Crippen LogP contribution is -2.15. The van der Waals surface area contributed by atoms with Crippen LogP contribution in [0.15, 0.2) is 24.3 Å². The molecule has 4 nitrogen and oxygen atoms in total. The maximum Gasteiger partial charge on any atom is 0.234 e. The van der Waals surface area contributed by atoms with Crippen LogP contribution in [0.25, 0.3) is 0 Å². The van der Waals surface area contributed by atoms with Crippen LogP contribution in [0.4, 0.5) is 11.6 Å². The van der Waals surface area contributed by atoms with Crippen molar-refractivity contribution in [3.8, 4) is 0 Å². The third kappa shape index (κ3) is 2.53. The maximum atomic E-state index is 5.83. The summed E-state index contributed by atoms with van der Waals surface area (Å²) in [6, 6.07) is 8.04. The maximum absolute atomic E-state index is 5.83. The molecule has 0 spiro atoms. The number of para-hydroxylation sites is 1. The molecule has 0 aliphatic heterocycles. The smallest absolute Gasteiger partial charge is 0.234 e. The molecule has 2 aromatic rings. The molecule has 0 N–H and O–H groups in total. The molecule has 88 valence electrons. The van der Waals surface area contributed by atoms with Crippen molar-refractivity contribution in [2.45, 2.75) is 13.8 Å². The first-order valence-corrected chi connectivity index (χ1v) is 5.63. The Morgan fingerprint density at radius 3 is 2.41 bits per heavy atom. The van der Waals surface area contributed by atoms with Gasteiger partial charge >= 0.3 is 0 Å². The van der Waals surface area contributed by atoms with Crippen LogP contribution in [0.2, 0.25) is 5.28 Å². The van der Waals surface area contributed by atoms with Crippen molar-refractivity contribution in [3.63, 3.8) is 0 Å². The first-order chi connectivity index (χ1) is 8.08. The first-order valence-electron chi connectivity index (χ1n) is 5.25. The summed E-state index contributed by atoms with van der Waals surface area (Å²) in [5.74, 6) is 1.16. The number of hydrogen-bond acceptors (Lipinski definition) is 4. The van der Waals surface area contributed by atoms with Crippen molar-refractivity contribution in [2.75, 3.05) is 11.9 Å². The van der Waals surface area contributed by atoms with Crippen molar-refractivity contribution in [1.29, 1.82) is 0 Å². The zero-order valence-electron chi connectivity index (χ0n) is 9.98. The molecule has 0 aliphatic rings. The van der Waals surface area contributed by atoms with Gasteiger partial charge < -0.3 is 4.90 Å². The van der Waals surface area contributed by atoms with Gasteiger partial charge in [0.15, 0.2) is 0 Å². The van der Waals surface area contributed by atoms with Crippen LogP contribution in [0.1, 0.15) is 11.4 Å². The van der Waals surface area contributed by atoms with Crippen molar-refractivity contribution in [2.24, 2.45) is 0 Å². The predicted octanol–water partition coefficient (Wildman–Crippen LogP) is 2.91. The third-order valence-electron chi connectivity index (χ3n) is 2.48. The Morgan fingerprint density at radius 1 is 1.06 bits per heavy atom. The molecule has 1 heterocycles. The summed E-state index contributed by atoms with van der Waals surface area (Å²) < 4.78 is 0. The van der Waals surface area contributed by atoms with Crippen molar-refractivity contribution in [3.05, 3.63) is 40.9 Å². The van der Waals surface area contributed by atoms with Gasteiger partial charge in [-0.05, 0) is 37.1 Å². The zero-order chi connectivity index (χ0) is 12.4. The van der Waals surface area contributed by atoms with Gasteiger partial charge in [-0.3, -0.25) is 0 Å². The Bertz CT molecular complexity index is 522. The SMILES string of the molecule is Cc1nc(Cl)nc(N(C)c2ccccc2C)n1. The molecule has 0 saturated heterocycles. The number of anilines is 2. The number of benzene rings is 1. The van der Waals surface area contributed by atoms with E-state index in [4.69, 9.17) is 11.6 Å². The van der Waals surface area contributed by atoms with Gasteiger partial charge in [-0.15, -0.1) is 0 Å². The molecular formula is C12H13ClN4.